The molecular formula is C30H50O7. The minimum atomic E-state index is -1.68. The van der Waals surface area contributed by atoms with Crippen LogP contribution in [-0.4, -0.2) is 67.6 Å². The van der Waals surface area contributed by atoms with Crippen LogP contribution in [0.2, 0.25) is 0 Å². The molecule has 14 atom stereocenters. The molecule has 0 aliphatic heterocycles. The number of aliphatic hydroxyl groups is 5. The Balaban J connectivity index is 1.75. The third-order valence-corrected chi connectivity index (χ3v) is 11.6. The number of allylic oxidation sites excluding steroid dienone is 2. The number of fused-ring (bicyclic) bond motifs is 5. The van der Waals surface area contributed by atoms with Crippen molar-refractivity contribution in [2.45, 2.75) is 117 Å². The predicted octanol–water partition coefficient (Wildman–Crippen LogP) is 3.06. The fourth-order valence-corrected chi connectivity index (χ4v) is 9.36. The standard InChI is InChI=1S/C30H50O7/c1-15(2)16(3)8-9-17(4)24-22(37-18(5)31)12-20-23-25(21(33)14-28(20,24)6)29(7)11-10-19(32)13-30(29,36)27(35)26(23)34/h8-9,15-17,19-27,32-36H,10-14H2,1-7H3. The first kappa shape index (κ1) is 29.0. The van der Waals surface area contributed by atoms with E-state index in [4.69, 9.17) is 4.74 Å². The van der Waals surface area contributed by atoms with Gasteiger partial charge >= 0.3 is 5.97 Å². The molecule has 0 saturated heterocycles. The Hall–Kier alpha value is -0.990. The van der Waals surface area contributed by atoms with E-state index in [0.717, 1.165) is 0 Å². The van der Waals surface area contributed by atoms with Crippen molar-refractivity contribution < 1.29 is 35.1 Å². The first-order valence-electron chi connectivity index (χ1n) is 14.4. The Morgan fingerprint density at radius 3 is 2.27 bits per heavy atom. The SMILES string of the molecule is CC(=O)OC1CC2C3C(O)C(O)C4(O)CC(O)CCC4(C)C3C(O)CC2(C)C1C(C)C=CC(C)C(C)C. The van der Waals surface area contributed by atoms with Gasteiger partial charge in [-0.1, -0.05) is 53.7 Å². The van der Waals surface area contributed by atoms with E-state index in [1.165, 1.54) is 6.92 Å². The number of hydrogen-bond acceptors (Lipinski definition) is 7. The van der Waals surface area contributed by atoms with Gasteiger partial charge in [0.15, 0.2) is 0 Å². The van der Waals surface area contributed by atoms with Crippen LogP contribution in [0.4, 0.5) is 0 Å². The van der Waals surface area contributed by atoms with Gasteiger partial charge < -0.3 is 30.3 Å². The second-order valence-corrected chi connectivity index (χ2v) is 13.9. The molecule has 7 heteroatoms. The molecule has 4 aliphatic rings. The molecular weight excluding hydrogens is 472 g/mol. The van der Waals surface area contributed by atoms with Crippen molar-refractivity contribution in [3.8, 4) is 0 Å². The van der Waals surface area contributed by atoms with Crippen LogP contribution in [0.1, 0.15) is 80.6 Å². The molecule has 0 aromatic carbocycles. The van der Waals surface area contributed by atoms with Crippen molar-refractivity contribution in [3.63, 3.8) is 0 Å². The van der Waals surface area contributed by atoms with Crippen LogP contribution < -0.4 is 0 Å². The maximum Gasteiger partial charge on any atom is 0.302 e. The number of carbonyl (C=O) groups excluding carboxylic acids is 1. The Morgan fingerprint density at radius 1 is 1.03 bits per heavy atom. The lowest BCUT2D eigenvalue weighted by atomic mass is 9.41. The van der Waals surface area contributed by atoms with E-state index in [0.29, 0.717) is 37.5 Å². The van der Waals surface area contributed by atoms with Crippen LogP contribution in [0.3, 0.4) is 0 Å². The molecule has 37 heavy (non-hydrogen) atoms. The monoisotopic (exact) mass is 522 g/mol. The Bertz CT molecular complexity index is 889. The van der Waals surface area contributed by atoms with E-state index < -0.39 is 52.7 Å². The average molecular weight is 523 g/mol. The summed E-state index contributed by atoms with van der Waals surface area (Å²) in [7, 11) is 0. The summed E-state index contributed by atoms with van der Waals surface area (Å²) in [4.78, 5) is 12.2. The molecule has 0 amide bonds. The molecule has 212 valence electrons. The van der Waals surface area contributed by atoms with Gasteiger partial charge in [0.05, 0.1) is 18.3 Å². The summed E-state index contributed by atoms with van der Waals surface area (Å²) in [6, 6.07) is 0. The highest BCUT2D eigenvalue weighted by molar-refractivity contribution is 5.66. The summed E-state index contributed by atoms with van der Waals surface area (Å²) in [5.41, 5.74) is -2.98. The van der Waals surface area contributed by atoms with Gasteiger partial charge in [-0.05, 0) is 66.6 Å². The molecule has 0 spiro atoms. The summed E-state index contributed by atoms with van der Waals surface area (Å²) >= 11 is 0. The van der Waals surface area contributed by atoms with Crippen molar-refractivity contribution in [1.29, 1.82) is 0 Å². The van der Waals surface area contributed by atoms with Gasteiger partial charge in [-0.15, -0.1) is 0 Å². The van der Waals surface area contributed by atoms with E-state index in [2.05, 4.69) is 46.8 Å². The van der Waals surface area contributed by atoms with E-state index in [1.807, 2.05) is 6.92 Å². The molecule has 0 bridgehead atoms. The molecule has 4 aliphatic carbocycles. The van der Waals surface area contributed by atoms with E-state index in [9.17, 15) is 30.3 Å². The van der Waals surface area contributed by atoms with Crippen LogP contribution in [0.15, 0.2) is 12.2 Å². The van der Waals surface area contributed by atoms with Gasteiger partial charge in [0.2, 0.25) is 0 Å². The fraction of sp³-hybridized carbons (Fsp3) is 0.900. The maximum atomic E-state index is 12.2. The smallest absolute Gasteiger partial charge is 0.302 e. The van der Waals surface area contributed by atoms with Crippen LogP contribution in [0.25, 0.3) is 0 Å². The zero-order chi connectivity index (χ0) is 27.7. The highest BCUT2D eigenvalue weighted by Crippen LogP contribution is 2.69. The van der Waals surface area contributed by atoms with Crippen LogP contribution in [0.5, 0.6) is 0 Å². The van der Waals surface area contributed by atoms with Crippen LogP contribution in [0, 0.1) is 52.3 Å². The van der Waals surface area contributed by atoms with Crippen molar-refractivity contribution in [1.82, 2.24) is 0 Å². The first-order valence-corrected chi connectivity index (χ1v) is 14.4. The molecule has 5 N–H and O–H groups in total. The molecule has 0 aromatic heterocycles. The first-order chi connectivity index (χ1) is 17.1. The highest BCUT2D eigenvalue weighted by atomic mass is 16.5. The Kier molecular flexibility index (Phi) is 7.75. The third kappa shape index (κ3) is 4.41. The van der Waals surface area contributed by atoms with Gasteiger partial charge in [-0.3, -0.25) is 4.79 Å². The maximum absolute atomic E-state index is 12.2. The number of rotatable bonds is 5. The van der Waals surface area contributed by atoms with Gasteiger partial charge in [-0.25, -0.2) is 0 Å². The van der Waals surface area contributed by atoms with Crippen molar-refractivity contribution in [3.05, 3.63) is 12.2 Å². The van der Waals surface area contributed by atoms with E-state index in [-0.39, 0.29) is 36.2 Å². The summed E-state index contributed by atoms with van der Waals surface area (Å²) in [5, 5.41) is 56.8. The van der Waals surface area contributed by atoms with Gasteiger partial charge in [0.25, 0.3) is 0 Å². The summed E-state index contributed by atoms with van der Waals surface area (Å²) in [6.07, 6.45) is 1.77. The number of hydrogen-bond donors (Lipinski definition) is 5. The topological polar surface area (TPSA) is 127 Å². The van der Waals surface area contributed by atoms with Crippen molar-refractivity contribution >= 4 is 5.97 Å². The minimum absolute atomic E-state index is 0.0197. The molecule has 0 radical (unpaired) electrons. The number of ether oxygens (including phenoxy) is 1. The summed E-state index contributed by atoms with van der Waals surface area (Å²) < 4.78 is 5.92. The Morgan fingerprint density at radius 2 is 1.68 bits per heavy atom. The Labute approximate surface area is 222 Å². The fourth-order valence-electron chi connectivity index (χ4n) is 9.36. The summed E-state index contributed by atoms with van der Waals surface area (Å²) in [6.45, 7) is 14.2. The largest absolute Gasteiger partial charge is 0.462 e. The van der Waals surface area contributed by atoms with Crippen LogP contribution in [-0.2, 0) is 9.53 Å². The molecule has 14 unspecified atom stereocenters. The second-order valence-electron chi connectivity index (χ2n) is 13.9. The van der Waals surface area contributed by atoms with Gasteiger partial charge in [-0.2, -0.15) is 0 Å². The minimum Gasteiger partial charge on any atom is -0.462 e. The molecule has 7 nitrogen and oxygen atoms in total. The zero-order valence-corrected chi connectivity index (χ0v) is 23.7. The van der Waals surface area contributed by atoms with Gasteiger partial charge in [0, 0.05) is 24.7 Å². The third-order valence-electron chi connectivity index (χ3n) is 11.6. The lowest BCUT2D eigenvalue weighted by Crippen LogP contribution is -2.75. The normalized spacial score (nSPS) is 51.3. The molecule has 0 aromatic rings. The predicted molar refractivity (Wildman–Crippen MR) is 140 cm³/mol. The molecule has 0 heterocycles. The number of carbonyl (C=O) groups is 1. The van der Waals surface area contributed by atoms with E-state index >= 15 is 0 Å². The van der Waals surface area contributed by atoms with Crippen molar-refractivity contribution in [2.24, 2.45) is 52.3 Å². The number of aliphatic hydroxyl groups excluding tert-OH is 4. The average Bonchev–Trinajstić information content (AvgIpc) is 3.07. The number of esters is 1. The second kappa shape index (κ2) is 9.88. The highest BCUT2D eigenvalue weighted by Gasteiger charge is 2.73. The summed E-state index contributed by atoms with van der Waals surface area (Å²) in [5.74, 6) is -0.423. The lowest BCUT2D eigenvalue weighted by Gasteiger charge is -2.67. The van der Waals surface area contributed by atoms with Crippen molar-refractivity contribution in [2.75, 3.05) is 0 Å². The van der Waals surface area contributed by atoms with Gasteiger partial charge in [0.1, 0.15) is 17.8 Å². The molecule has 4 rings (SSSR count). The zero-order valence-electron chi connectivity index (χ0n) is 23.7. The van der Waals surface area contributed by atoms with E-state index in [1.54, 1.807) is 0 Å². The molecule has 4 fully saturated rings. The van der Waals surface area contributed by atoms with Crippen LogP contribution >= 0.6 is 0 Å². The quantitative estimate of drug-likeness (QED) is 0.277. The molecule has 4 saturated carbocycles. The lowest BCUT2D eigenvalue weighted by molar-refractivity contribution is -0.313.